The van der Waals surface area contributed by atoms with Crippen LogP contribution in [0.25, 0.3) is 5.65 Å². The molecular weight excluding hydrogens is 292 g/mol. The van der Waals surface area contributed by atoms with E-state index in [1.165, 1.54) is 19.3 Å². The molecule has 0 aliphatic heterocycles. The molecule has 4 nitrogen and oxygen atoms in total. The van der Waals surface area contributed by atoms with Gasteiger partial charge in [-0.1, -0.05) is 20.3 Å². The molecule has 96 valence electrons. The topological polar surface area (TPSA) is 42.2 Å². The number of fused-ring (bicyclic) bond motifs is 1. The average Bonchev–Trinajstić information content (AvgIpc) is 2.82. The first kappa shape index (κ1) is 12.0. The normalized spacial score (nSPS) is 22.5. The lowest BCUT2D eigenvalue weighted by molar-refractivity contribution is 0.349. The number of nitrogens with one attached hydrogen (secondary N) is 1. The summed E-state index contributed by atoms with van der Waals surface area (Å²) in [5.74, 6) is 0.730. The lowest BCUT2D eigenvalue weighted by Crippen LogP contribution is -2.31. The van der Waals surface area contributed by atoms with Crippen LogP contribution in [0.15, 0.2) is 22.8 Å². The van der Waals surface area contributed by atoms with Crippen molar-refractivity contribution in [1.29, 1.82) is 0 Å². The number of rotatable bonds is 2. The fourth-order valence-electron chi connectivity index (χ4n) is 2.67. The Bertz CT molecular complexity index is 575. The van der Waals surface area contributed by atoms with Crippen LogP contribution in [0.3, 0.4) is 0 Å². The summed E-state index contributed by atoms with van der Waals surface area (Å²) in [4.78, 5) is 4.50. The fraction of sp³-hybridized carbons (Fsp3) is 0.538. The summed E-state index contributed by atoms with van der Waals surface area (Å²) in [6, 6.07) is 4.41. The van der Waals surface area contributed by atoms with Crippen molar-refractivity contribution in [3.63, 3.8) is 0 Å². The molecule has 1 atom stereocenters. The van der Waals surface area contributed by atoms with Gasteiger partial charge in [0.25, 0.3) is 0 Å². The number of hydrogen-bond donors (Lipinski definition) is 1. The molecule has 2 heterocycles. The molecule has 0 saturated heterocycles. The molecule has 0 amide bonds. The maximum Gasteiger partial charge on any atom is 0.243 e. The molecule has 2 aromatic heterocycles. The van der Waals surface area contributed by atoms with E-state index < -0.39 is 0 Å². The van der Waals surface area contributed by atoms with Crippen LogP contribution < -0.4 is 5.32 Å². The number of nitrogens with zero attached hydrogens (tertiary/aromatic N) is 3. The zero-order valence-corrected chi connectivity index (χ0v) is 12.2. The molecule has 0 bridgehead atoms. The van der Waals surface area contributed by atoms with Gasteiger partial charge >= 0.3 is 0 Å². The van der Waals surface area contributed by atoms with E-state index >= 15 is 0 Å². The first-order chi connectivity index (χ1) is 8.54. The van der Waals surface area contributed by atoms with Gasteiger partial charge in [0, 0.05) is 16.7 Å². The van der Waals surface area contributed by atoms with Gasteiger partial charge in [-0.25, -0.2) is 4.52 Å². The van der Waals surface area contributed by atoms with Crippen molar-refractivity contribution in [3.8, 4) is 0 Å². The van der Waals surface area contributed by atoms with Gasteiger partial charge in [0.1, 0.15) is 0 Å². The van der Waals surface area contributed by atoms with E-state index in [9.17, 15) is 0 Å². The zero-order chi connectivity index (χ0) is 12.8. The van der Waals surface area contributed by atoms with Crippen molar-refractivity contribution in [2.24, 2.45) is 5.41 Å². The number of hydrogen-bond acceptors (Lipinski definition) is 3. The standard InChI is InChI=1S/C13H17BrN4/c1-13(2)7-3-4-10(13)15-12-16-11-6-5-9(14)8-18(11)17-12/h5-6,8,10H,3-4,7H2,1-2H3,(H,15,17). The van der Waals surface area contributed by atoms with Gasteiger partial charge in [0.2, 0.25) is 5.95 Å². The van der Waals surface area contributed by atoms with Crippen molar-refractivity contribution in [1.82, 2.24) is 14.6 Å². The van der Waals surface area contributed by atoms with Gasteiger partial charge in [0.15, 0.2) is 5.65 Å². The predicted molar refractivity (Wildman–Crippen MR) is 75.7 cm³/mol. The van der Waals surface area contributed by atoms with E-state index in [1.807, 2.05) is 18.3 Å². The summed E-state index contributed by atoms with van der Waals surface area (Å²) in [6.45, 7) is 4.62. The van der Waals surface area contributed by atoms with Gasteiger partial charge in [-0.15, -0.1) is 5.10 Å². The van der Waals surface area contributed by atoms with Crippen LogP contribution in [0.2, 0.25) is 0 Å². The summed E-state index contributed by atoms with van der Waals surface area (Å²) >= 11 is 3.44. The van der Waals surface area contributed by atoms with Crippen LogP contribution in [0.5, 0.6) is 0 Å². The minimum Gasteiger partial charge on any atom is -0.350 e. The Morgan fingerprint density at radius 3 is 3.00 bits per heavy atom. The third-order valence-electron chi connectivity index (χ3n) is 3.86. The molecular formula is C13H17BrN4. The van der Waals surface area contributed by atoms with Crippen LogP contribution in [0, 0.1) is 5.41 Å². The summed E-state index contributed by atoms with van der Waals surface area (Å²) in [5, 5.41) is 7.95. The van der Waals surface area contributed by atoms with Crippen LogP contribution in [0.4, 0.5) is 5.95 Å². The molecule has 1 aliphatic rings. The minimum atomic E-state index is 0.331. The highest BCUT2D eigenvalue weighted by molar-refractivity contribution is 9.10. The number of aromatic nitrogens is 3. The van der Waals surface area contributed by atoms with Crippen molar-refractivity contribution >= 4 is 27.5 Å². The lowest BCUT2D eigenvalue weighted by atomic mass is 9.87. The highest BCUT2D eigenvalue weighted by Crippen LogP contribution is 2.38. The van der Waals surface area contributed by atoms with Crippen LogP contribution in [-0.2, 0) is 0 Å². The van der Waals surface area contributed by atoms with Crippen molar-refractivity contribution in [2.45, 2.75) is 39.2 Å². The first-order valence-corrected chi connectivity index (χ1v) is 7.12. The molecule has 1 aliphatic carbocycles. The van der Waals surface area contributed by atoms with Crippen LogP contribution >= 0.6 is 15.9 Å². The third-order valence-corrected chi connectivity index (χ3v) is 4.32. The second-order valence-corrected chi connectivity index (χ2v) is 6.58. The molecule has 1 saturated carbocycles. The Morgan fingerprint density at radius 1 is 1.44 bits per heavy atom. The Labute approximate surface area is 115 Å². The maximum atomic E-state index is 4.50. The molecule has 1 unspecified atom stereocenters. The number of pyridine rings is 1. The van der Waals surface area contributed by atoms with E-state index in [0.717, 1.165) is 16.1 Å². The third kappa shape index (κ3) is 2.11. The lowest BCUT2D eigenvalue weighted by Gasteiger charge is -2.27. The van der Waals surface area contributed by atoms with Crippen LogP contribution in [-0.4, -0.2) is 20.6 Å². The van der Waals surface area contributed by atoms with E-state index in [2.05, 4.69) is 45.2 Å². The summed E-state index contributed by atoms with van der Waals surface area (Å²) in [5.41, 5.74) is 1.20. The maximum absolute atomic E-state index is 4.50. The highest BCUT2D eigenvalue weighted by atomic mass is 79.9. The van der Waals surface area contributed by atoms with E-state index in [4.69, 9.17) is 0 Å². The van der Waals surface area contributed by atoms with E-state index in [1.54, 1.807) is 4.52 Å². The monoisotopic (exact) mass is 308 g/mol. The molecule has 2 aromatic rings. The molecule has 3 rings (SSSR count). The number of halogens is 1. The Hall–Kier alpha value is -1.10. The summed E-state index contributed by atoms with van der Waals surface area (Å²) in [6.07, 6.45) is 5.67. The largest absolute Gasteiger partial charge is 0.350 e. The van der Waals surface area contributed by atoms with Crippen molar-refractivity contribution < 1.29 is 0 Å². The quantitative estimate of drug-likeness (QED) is 0.923. The second kappa shape index (κ2) is 4.23. The molecule has 0 spiro atoms. The predicted octanol–water partition coefficient (Wildman–Crippen LogP) is 3.48. The van der Waals surface area contributed by atoms with Gasteiger partial charge in [0.05, 0.1) is 0 Å². The van der Waals surface area contributed by atoms with Crippen molar-refractivity contribution in [3.05, 3.63) is 22.8 Å². The summed E-state index contributed by atoms with van der Waals surface area (Å²) in [7, 11) is 0. The van der Waals surface area contributed by atoms with Crippen LogP contribution in [0.1, 0.15) is 33.1 Å². The average molecular weight is 309 g/mol. The van der Waals surface area contributed by atoms with Gasteiger partial charge < -0.3 is 5.32 Å². The van der Waals surface area contributed by atoms with Gasteiger partial charge in [-0.05, 0) is 46.3 Å². The zero-order valence-electron chi connectivity index (χ0n) is 10.7. The molecule has 1 fully saturated rings. The minimum absolute atomic E-state index is 0.331. The van der Waals surface area contributed by atoms with Gasteiger partial charge in [-0.2, -0.15) is 4.98 Å². The number of anilines is 1. The molecule has 18 heavy (non-hydrogen) atoms. The smallest absolute Gasteiger partial charge is 0.243 e. The molecule has 0 radical (unpaired) electrons. The van der Waals surface area contributed by atoms with Gasteiger partial charge in [-0.3, -0.25) is 0 Å². The van der Waals surface area contributed by atoms with E-state index in [0.29, 0.717) is 11.5 Å². The Morgan fingerprint density at radius 2 is 2.28 bits per heavy atom. The summed E-state index contributed by atoms with van der Waals surface area (Å²) < 4.78 is 2.81. The SMILES string of the molecule is CC1(C)CCCC1Nc1nc2ccc(Br)cn2n1. The Kier molecular flexibility index (Phi) is 2.81. The fourth-order valence-corrected chi connectivity index (χ4v) is 3.00. The molecule has 5 heteroatoms. The first-order valence-electron chi connectivity index (χ1n) is 6.33. The highest BCUT2D eigenvalue weighted by Gasteiger charge is 2.34. The Balaban J connectivity index is 1.87. The van der Waals surface area contributed by atoms with E-state index in [-0.39, 0.29) is 0 Å². The molecule has 1 N–H and O–H groups in total. The second-order valence-electron chi connectivity index (χ2n) is 5.66. The molecule has 0 aromatic carbocycles. The van der Waals surface area contributed by atoms with Crippen molar-refractivity contribution in [2.75, 3.05) is 5.32 Å².